The number of ether oxygens (including phenoxy) is 3. The first-order valence-electron chi connectivity index (χ1n) is 17.1. The molecule has 0 radical (unpaired) electrons. The third kappa shape index (κ3) is 10.7. The van der Waals surface area contributed by atoms with Gasteiger partial charge in [0.05, 0.1) is 37.4 Å². The van der Waals surface area contributed by atoms with Gasteiger partial charge in [0, 0.05) is 70.1 Å². The summed E-state index contributed by atoms with van der Waals surface area (Å²) in [4.78, 5) is 20.7. The number of methoxy groups -OCH3 is 1. The first kappa shape index (κ1) is 38.7. The van der Waals surface area contributed by atoms with Crippen LogP contribution in [-0.2, 0) is 9.47 Å². The molecule has 0 bridgehead atoms. The van der Waals surface area contributed by atoms with Crippen LogP contribution in [0.3, 0.4) is 0 Å². The van der Waals surface area contributed by atoms with Gasteiger partial charge in [0.2, 0.25) is 0 Å². The molecule has 270 valence electrons. The largest absolute Gasteiger partial charge is 0.487 e. The molecule has 4 rings (SSSR count). The number of carbonyl (C=O) groups is 1. The van der Waals surface area contributed by atoms with Gasteiger partial charge in [0.1, 0.15) is 36.4 Å². The monoisotopic (exact) mass is 708 g/mol. The van der Waals surface area contributed by atoms with E-state index in [0.29, 0.717) is 32.8 Å². The van der Waals surface area contributed by atoms with E-state index in [1.54, 1.807) is 10.9 Å². The summed E-state index contributed by atoms with van der Waals surface area (Å²) in [5.41, 5.74) is 4.02. The standard InChI is InChI=1S/C37H50F2N6O4Si/c1-8-26(2)20-41-36-33(10-14-44(36)25-48-15-16-50(5,6)7)27(3)29-21-42-45(22-29)31(9-12-40)23-43-13-11-35(34(39)24-43)49-32-18-28(37(46)47-4)17-30(38)19-32/h10,14,17-22,31,34-35H,8-9,11,13,15-16,23-25H2,1-7H3/b26-20+,33-27+,41-36-. The molecule has 2 aliphatic heterocycles. The fraction of sp³-hybridized carbons (Fsp3) is 0.514. The Kier molecular flexibility index (Phi) is 13.7. The molecule has 1 fully saturated rings. The maximum absolute atomic E-state index is 15.4. The number of rotatable bonds is 15. The smallest absolute Gasteiger partial charge is 0.338 e. The number of allylic oxidation sites excluding steroid dienone is 2. The molecule has 13 heteroatoms. The SMILES string of the molecule is CC/C(C)=C/N=C1/C(=C(\C)c2cnn(C(CC#N)CN3CCC(Oc4cc(F)cc(C(=O)OC)c4)C(F)C3)c2)C=CN1COCC[Si](C)(C)C. The summed E-state index contributed by atoms with van der Waals surface area (Å²) in [5, 5.41) is 14.3. The van der Waals surface area contributed by atoms with Crippen LogP contribution in [-0.4, -0.2) is 91.8 Å². The van der Waals surface area contributed by atoms with Crippen LogP contribution in [0.4, 0.5) is 8.78 Å². The Morgan fingerprint density at radius 3 is 2.70 bits per heavy atom. The molecule has 2 aromatic rings. The number of aliphatic imine (C=N–C) groups is 1. The molecule has 1 saturated heterocycles. The van der Waals surface area contributed by atoms with Gasteiger partial charge in [-0.15, -0.1) is 0 Å². The van der Waals surface area contributed by atoms with Crippen molar-refractivity contribution >= 4 is 25.5 Å². The zero-order valence-electron chi connectivity index (χ0n) is 30.3. The molecule has 3 atom stereocenters. The molecular weight excluding hydrogens is 659 g/mol. The van der Waals surface area contributed by atoms with Crippen LogP contribution in [0, 0.1) is 17.1 Å². The van der Waals surface area contributed by atoms with Gasteiger partial charge in [-0.1, -0.05) is 32.1 Å². The minimum atomic E-state index is -1.36. The number of halogens is 2. The molecule has 10 nitrogen and oxygen atoms in total. The molecule has 3 heterocycles. The molecule has 0 N–H and O–H groups in total. The number of likely N-dealkylation sites (tertiary alicyclic amines) is 1. The van der Waals surface area contributed by atoms with E-state index < -0.39 is 32.1 Å². The fourth-order valence-electron chi connectivity index (χ4n) is 5.63. The van der Waals surface area contributed by atoms with Gasteiger partial charge in [-0.3, -0.25) is 9.58 Å². The van der Waals surface area contributed by atoms with Gasteiger partial charge >= 0.3 is 5.97 Å². The van der Waals surface area contributed by atoms with Crippen molar-refractivity contribution in [1.29, 1.82) is 5.26 Å². The Bertz CT molecular complexity index is 1660. The van der Waals surface area contributed by atoms with Gasteiger partial charge in [-0.25, -0.2) is 18.6 Å². The number of amidine groups is 1. The number of esters is 1. The maximum Gasteiger partial charge on any atom is 0.338 e. The number of hydrogen-bond donors (Lipinski definition) is 0. The van der Waals surface area contributed by atoms with Crippen molar-refractivity contribution in [3.63, 3.8) is 0 Å². The Balaban J connectivity index is 1.45. The van der Waals surface area contributed by atoms with Crippen molar-refractivity contribution in [3.05, 3.63) is 77.2 Å². The molecule has 0 saturated carbocycles. The molecule has 1 aromatic heterocycles. The molecule has 0 aliphatic carbocycles. The third-order valence-electron chi connectivity index (χ3n) is 8.88. The van der Waals surface area contributed by atoms with E-state index in [9.17, 15) is 14.4 Å². The van der Waals surface area contributed by atoms with Crippen molar-refractivity contribution < 1.29 is 27.8 Å². The van der Waals surface area contributed by atoms with Gasteiger partial charge in [-0.2, -0.15) is 10.4 Å². The average Bonchev–Trinajstić information content (AvgIpc) is 3.73. The lowest BCUT2D eigenvalue weighted by Gasteiger charge is -2.36. The molecular formula is C37H50F2N6O4Si. The number of alkyl halides is 1. The predicted molar refractivity (Wildman–Crippen MR) is 194 cm³/mol. The van der Waals surface area contributed by atoms with Crippen LogP contribution < -0.4 is 4.74 Å². The van der Waals surface area contributed by atoms with Crippen LogP contribution in [0.2, 0.25) is 25.7 Å². The minimum Gasteiger partial charge on any atom is -0.487 e. The summed E-state index contributed by atoms with van der Waals surface area (Å²) in [6.07, 6.45) is 8.94. The maximum atomic E-state index is 15.4. The highest BCUT2D eigenvalue weighted by Crippen LogP contribution is 2.29. The van der Waals surface area contributed by atoms with Crippen molar-refractivity contribution in [2.45, 2.75) is 84.0 Å². The highest BCUT2D eigenvalue weighted by molar-refractivity contribution is 6.76. The molecule has 50 heavy (non-hydrogen) atoms. The minimum absolute atomic E-state index is 0.00533. The summed E-state index contributed by atoms with van der Waals surface area (Å²) < 4.78 is 47.8. The molecule has 3 unspecified atom stereocenters. The second-order valence-corrected chi connectivity index (χ2v) is 19.7. The van der Waals surface area contributed by atoms with Gasteiger partial charge in [0.25, 0.3) is 0 Å². The van der Waals surface area contributed by atoms with Crippen LogP contribution >= 0.6 is 0 Å². The first-order valence-corrected chi connectivity index (χ1v) is 20.8. The number of carbonyl (C=O) groups excluding carboxylic acids is 1. The van der Waals surface area contributed by atoms with E-state index in [0.717, 1.165) is 47.1 Å². The number of hydrogen-bond acceptors (Lipinski definition) is 8. The quantitative estimate of drug-likeness (QED) is 0.107. The molecule has 2 aliphatic rings. The lowest BCUT2D eigenvalue weighted by molar-refractivity contribution is 0.0166. The van der Waals surface area contributed by atoms with Crippen LogP contribution in [0.25, 0.3) is 5.57 Å². The van der Waals surface area contributed by atoms with Crippen molar-refractivity contribution in [2.75, 3.05) is 40.1 Å². The normalized spacial score (nSPS) is 21.0. The van der Waals surface area contributed by atoms with Gasteiger partial charge in [-0.05, 0) is 56.5 Å². The van der Waals surface area contributed by atoms with E-state index in [-0.39, 0.29) is 30.3 Å². The van der Waals surface area contributed by atoms with E-state index in [1.165, 1.54) is 18.7 Å². The van der Waals surface area contributed by atoms with Crippen LogP contribution in [0.5, 0.6) is 5.75 Å². The van der Waals surface area contributed by atoms with Crippen LogP contribution in [0.1, 0.15) is 62.0 Å². The lowest BCUT2D eigenvalue weighted by Crippen LogP contribution is -2.48. The Morgan fingerprint density at radius 2 is 2.02 bits per heavy atom. The highest BCUT2D eigenvalue weighted by atomic mass is 28.3. The van der Waals surface area contributed by atoms with Gasteiger partial charge in [0.15, 0.2) is 0 Å². The molecule has 0 spiro atoms. The van der Waals surface area contributed by atoms with E-state index in [1.807, 2.05) is 41.4 Å². The van der Waals surface area contributed by atoms with Gasteiger partial charge < -0.3 is 19.1 Å². The summed E-state index contributed by atoms with van der Waals surface area (Å²) in [6, 6.07) is 6.56. The Labute approximate surface area is 295 Å². The van der Waals surface area contributed by atoms with Crippen LogP contribution in [0.15, 0.2) is 65.2 Å². The second-order valence-electron chi connectivity index (χ2n) is 14.1. The number of nitriles is 1. The molecule has 1 aromatic carbocycles. The predicted octanol–water partition coefficient (Wildman–Crippen LogP) is 7.38. The Morgan fingerprint density at radius 1 is 1.24 bits per heavy atom. The average molecular weight is 709 g/mol. The Hall–Kier alpha value is -4.12. The highest BCUT2D eigenvalue weighted by Gasteiger charge is 2.33. The van der Waals surface area contributed by atoms with E-state index >= 15 is 4.39 Å². The zero-order valence-corrected chi connectivity index (χ0v) is 31.3. The van der Waals surface area contributed by atoms with Crippen molar-refractivity contribution in [3.8, 4) is 11.8 Å². The fourth-order valence-corrected chi connectivity index (χ4v) is 6.38. The third-order valence-corrected chi connectivity index (χ3v) is 10.6. The second kappa shape index (κ2) is 17.7. The van der Waals surface area contributed by atoms with E-state index in [2.05, 4.69) is 49.4 Å². The summed E-state index contributed by atoms with van der Waals surface area (Å²) >= 11 is 0. The topological polar surface area (TPSA) is 105 Å². The number of aromatic nitrogens is 2. The number of benzene rings is 1. The summed E-state index contributed by atoms with van der Waals surface area (Å²) in [5.74, 6) is -0.495. The lowest BCUT2D eigenvalue weighted by atomic mass is 10.0. The van der Waals surface area contributed by atoms with Crippen molar-refractivity contribution in [1.82, 2.24) is 19.6 Å². The number of piperidine rings is 1. The van der Waals surface area contributed by atoms with Crippen molar-refractivity contribution in [2.24, 2.45) is 4.99 Å². The number of nitrogens with zero attached hydrogens (tertiary/aromatic N) is 6. The van der Waals surface area contributed by atoms with E-state index in [4.69, 9.17) is 14.5 Å². The summed E-state index contributed by atoms with van der Waals surface area (Å²) in [7, 11) is -0.00607. The zero-order chi connectivity index (χ0) is 36.4. The first-order chi connectivity index (χ1) is 23.8. The summed E-state index contributed by atoms with van der Waals surface area (Å²) in [6.45, 7) is 15.3. The molecule has 0 amide bonds.